The molecule has 0 heterocycles. The van der Waals surface area contributed by atoms with E-state index in [0.717, 1.165) is 35.6 Å². The zero-order valence-electron chi connectivity index (χ0n) is 11.6. The molecule has 0 amide bonds. The molecule has 0 aromatic heterocycles. The number of ketones is 1. The van der Waals surface area contributed by atoms with Crippen molar-refractivity contribution in [2.24, 2.45) is 17.8 Å². The fourth-order valence-corrected chi connectivity index (χ4v) is 2.85. The highest BCUT2D eigenvalue weighted by molar-refractivity contribution is 5.98. The van der Waals surface area contributed by atoms with Crippen LogP contribution in [0.3, 0.4) is 0 Å². The number of carbonyl (C=O) groups is 1. The summed E-state index contributed by atoms with van der Waals surface area (Å²) in [4.78, 5) is 12.5. The number of hydrogen-bond donors (Lipinski definition) is 1. The van der Waals surface area contributed by atoms with E-state index in [2.05, 4.69) is 13.8 Å². The molecule has 1 aliphatic rings. The number of aryl methyl sites for hydroxylation is 1. The molecule has 98 valence electrons. The number of rotatable bonds is 2. The van der Waals surface area contributed by atoms with Crippen molar-refractivity contribution in [3.05, 3.63) is 29.3 Å². The Morgan fingerprint density at radius 3 is 2.56 bits per heavy atom. The quantitative estimate of drug-likeness (QED) is 0.635. The van der Waals surface area contributed by atoms with Crippen molar-refractivity contribution < 1.29 is 4.79 Å². The zero-order valence-corrected chi connectivity index (χ0v) is 11.6. The van der Waals surface area contributed by atoms with Gasteiger partial charge in [-0.2, -0.15) is 0 Å². The molecule has 1 saturated carbocycles. The van der Waals surface area contributed by atoms with Crippen LogP contribution in [-0.4, -0.2) is 5.78 Å². The first kappa shape index (κ1) is 13.1. The second-order valence-corrected chi connectivity index (χ2v) is 5.90. The van der Waals surface area contributed by atoms with Crippen molar-refractivity contribution in [2.75, 3.05) is 5.73 Å². The van der Waals surface area contributed by atoms with E-state index in [1.165, 1.54) is 6.42 Å². The van der Waals surface area contributed by atoms with Crippen molar-refractivity contribution >= 4 is 11.5 Å². The summed E-state index contributed by atoms with van der Waals surface area (Å²) in [6.07, 6.45) is 3.24. The lowest BCUT2D eigenvalue weighted by Crippen LogP contribution is -2.26. The molecule has 3 unspecified atom stereocenters. The normalized spacial score (nSPS) is 28.1. The lowest BCUT2D eigenvalue weighted by molar-refractivity contribution is 0.0837. The van der Waals surface area contributed by atoms with Gasteiger partial charge in [-0.3, -0.25) is 4.79 Å². The number of hydrogen-bond acceptors (Lipinski definition) is 2. The number of Topliss-reactive ketones (excluding diaryl/α,β-unsaturated/α-hetero) is 1. The van der Waals surface area contributed by atoms with Gasteiger partial charge in [-0.25, -0.2) is 0 Å². The molecule has 2 rings (SSSR count). The van der Waals surface area contributed by atoms with Gasteiger partial charge in [0.05, 0.1) is 0 Å². The monoisotopic (exact) mass is 245 g/mol. The first-order valence-corrected chi connectivity index (χ1v) is 6.89. The Morgan fingerprint density at radius 1 is 1.22 bits per heavy atom. The standard InChI is InChI=1S/C16H23NO/c1-10-4-5-13(8-11(10)2)16(18)14-6-7-15(17)12(3)9-14/h6-7,9-11,13H,4-5,8,17H2,1-3H3. The number of nitrogen functional groups attached to an aromatic ring is 1. The minimum Gasteiger partial charge on any atom is -0.399 e. The van der Waals surface area contributed by atoms with Gasteiger partial charge in [0.1, 0.15) is 0 Å². The van der Waals surface area contributed by atoms with E-state index in [1.807, 2.05) is 25.1 Å². The van der Waals surface area contributed by atoms with Crippen molar-refractivity contribution in [2.45, 2.75) is 40.0 Å². The summed E-state index contributed by atoms with van der Waals surface area (Å²) >= 11 is 0. The Bertz CT molecular complexity index is 452. The molecule has 2 N–H and O–H groups in total. The molecule has 3 atom stereocenters. The van der Waals surface area contributed by atoms with Gasteiger partial charge in [0, 0.05) is 17.2 Å². The summed E-state index contributed by atoms with van der Waals surface area (Å²) < 4.78 is 0. The highest BCUT2D eigenvalue weighted by atomic mass is 16.1. The lowest BCUT2D eigenvalue weighted by atomic mass is 9.73. The zero-order chi connectivity index (χ0) is 13.3. The Labute approximate surface area is 110 Å². The van der Waals surface area contributed by atoms with Gasteiger partial charge < -0.3 is 5.73 Å². The van der Waals surface area contributed by atoms with Crippen LogP contribution in [0.15, 0.2) is 18.2 Å². The summed E-state index contributed by atoms with van der Waals surface area (Å²) in [5.74, 6) is 1.92. The molecule has 1 aromatic carbocycles. The van der Waals surface area contributed by atoms with Crippen LogP contribution in [0, 0.1) is 24.7 Å². The van der Waals surface area contributed by atoms with Crippen LogP contribution in [0.2, 0.25) is 0 Å². The highest BCUT2D eigenvalue weighted by Gasteiger charge is 2.29. The number of benzene rings is 1. The van der Waals surface area contributed by atoms with Gasteiger partial charge in [0.2, 0.25) is 0 Å². The maximum atomic E-state index is 12.5. The fraction of sp³-hybridized carbons (Fsp3) is 0.562. The molecule has 0 aliphatic heterocycles. The van der Waals surface area contributed by atoms with Gasteiger partial charge in [-0.05, 0) is 61.8 Å². The van der Waals surface area contributed by atoms with Gasteiger partial charge in [-0.1, -0.05) is 13.8 Å². The number of nitrogens with two attached hydrogens (primary N) is 1. The third kappa shape index (κ3) is 2.58. The average Bonchev–Trinajstić information content (AvgIpc) is 2.35. The third-order valence-electron chi connectivity index (χ3n) is 4.52. The highest BCUT2D eigenvalue weighted by Crippen LogP contribution is 2.35. The van der Waals surface area contributed by atoms with Gasteiger partial charge in [0.15, 0.2) is 5.78 Å². The molecule has 2 nitrogen and oxygen atoms in total. The maximum absolute atomic E-state index is 12.5. The van der Waals surface area contributed by atoms with Crippen molar-refractivity contribution in [3.63, 3.8) is 0 Å². The average molecular weight is 245 g/mol. The number of anilines is 1. The summed E-state index contributed by atoms with van der Waals surface area (Å²) in [7, 11) is 0. The second-order valence-electron chi connectivity index (χ2n) is 5.90. The smallest absolute Gasteiger partial charge is 0.165 e. The van der Waals surface area contributed by atoms with E-state index in [1.54, 1.807) is 0 Å². The Kier molecular flexibility index (Phi) is 3.74. The van der Waals surface area contributed by atoms with Gasteiger partial charge >= 0.3 is 0 Å². The van der Waals surface area contributed by atoms with Crippen LogP contribution in [-0.2, 0) is 0 Å². The van der Waals surface area contributed by atoms with Crippen LogP contribution in [0.1, 0.15) is 49.0 Å². The summed E-state index contributed by atoms with van der Waals surface area (Å²) in [6, 6.07) is 5.64. The van der Waals surface area contributed by atoms with Gasteiger partial charge in [0.25, 0.3) is 0 Å². The first-order chi connectivity index (χ1) is 8.49. The summed E-state index contributed by atoms with van der Waals surface area (Å²) in [5.41, 5.74) is 8.38. The third-order valence-corrected chi connectivity index (χ3v) is 4.52. The summed E-state index contributed by atoms with van der Waals surface area (Å²) in [5, 5.41) is 0. The molecular formula is C16H23NO. The van der Waals surface area contributed by atoms with Gasteiger partial charge in [-0.15, -0.1) is 0 Å². The molecule has 18 heavy (non-hydrogen) atoms. The van der Waals surface area contributed by atoms with Crippen LogP contribution >= 0.6 is 0 Å². The molecule has 0 saturated heterocycles. The van der Waals surface area contributed by atoms with E-state index in [-0.39, 0.29) is 5.92 Å². The Morgan fingerprint density at radius 2 is 1.94 bits per heavy atom. The minimum atomic E-state index is 0.208. The van der Waals surface area contributed by atoms with Crippen molar-refractivity contribution in [1.29, 1.82) is 0 Å². The first-order valence-electron chi connectivity index (χ1n) is 6.89. The SMILES string of the molecule is Cc1cc(C(=O)C2CCC(C)C(C)C2)ccc1N. The maximum Gasteiger partial charge on any atom is 0.165 e. The van der Waals surface area contributed by atoms with Crippen LogP contribution < -0.4 is 5.73 Å². The minimum absolute atomic E-state index is 0.208. The van der Waals surface area contributed by atoms with Crippen LogP contribution in [0.5, 0.6) is 0 Å². The topological polar surface area (TPSA) is 43.1 Å². The molecule has 1 aliphatic carbocycles. The van der Waals surface area contributed by atoms with Crippen LogP contribution in [0.25, 0.3) is 0 Å². The molecule has 0 bridgehead atoms. The molecule has 0 radical (unpaired) electrons. The van der Waals surface area contributed by atoms with E-state index < -0.39 is 0 Å². The second kappa shape index (κ2) is 5.13. The molecule has 1 fully saturated rings. The van der Waals surface area contributed by atoms with Crippen LogP contribution in [0.4, 0.5) is 5.69 Å². The Balaban J connectivity index is 2.14. The summed E-state index contributed by atoms with van der Waals surface area (Å²) in [6.45, 7) is 6.51. The largest absolute Gasteiger partial charge is 0.399 e. The van der Waals surface area contributed by atoms with E-state index in [4.69, 9.17) is 5.73 Å². The fourth-order valence-electron chi connectivity index (χ4n) is 2.85. The Hall–Kier alpha value is -1.31. The predicted molar refractivity (Wildman–Crippen MR) is 75.6 cm³/mol. The molecule has 2 heteroatoms. The molecular weight excluding hydrogens is 222 g/mol. The van der Waals surface area contributed by atoms with E-state index in [0.29, 0.717) is 11.7 Å². The molecule has 0 spiro atoms. The van der Waals surface area contributed by atoms with E-state index in [9.17, 15) is 4.79 Å². The number of carbonyl (C=O) groups excluding carboxylic acids is 1. The lowest BCUT2D eigenvalue weighted by Gasteiger charge is -2.31. The molecule has 1 aromatic rings. The predicted octanol–water partition coefficient (Wildman–Crippen LogP) is 3.83. The van der Waals surface area contributed by atoms with Crippen molar-refractivity contribution in [1.82, 2.24) is 0 Å². The van der Waals surface area contributed by atoms with E-state index >= 15 is 0 Å². The van der Waals surface area contributed by atoms with Crippen molar-refractivity contribution in [3.8, 4) is 0 Å².